The first-order valence-electron chi connectivity index (χ1n) is 6.92. The van der Waals surface area contributed by atoms with E-state index in [4.69, 9.17) is 0 Å². The van der Waals surface area contributed by atoms with Gasteiger partial charge >= 0.3 is 0 Å². The number of rotatable bonds is 4. The van der Waals surface area contributed by atoms with Gasteiger partial charge in [-0.1, -0.05) is 12.1 Å². The number of halogens is 1. The summed E-state index contributed by atoms with van der Waals surface area (Å²) in [7, 11) is 0. The summed E-state index contributed by atoms with van der Waals surface area (Å²) in [6.45, 7) is 0. The summed E-state index contributed by atoms with van der Waals surface area (Å²) in [4.78, 5) is 23.2. The zero-order chi connectivity index (χ0) is 14.2. The second kappa shape index (κ2) is 4.89. The fourth-order valence-corrected chi connectivity index (χ4v) is 2.65. The Morgan fingerprint density at radius 3 is 2.60 bits per heavy atom. The molecule has 20 heavy (non-hydrogen) atoms. The Kier molecular flexibility index (Phi) is 3.20. The predicted octanol–water partition coefficient (Wildman–Crippen LogP) is 1.30. The molecule has 4 nitrogen and oxygen atoms in total. The lowest BCUT2D eigenvalue weighted by Gasteiger charge is -2.20. The van der Waals surface area contributed by atoms with Crippen molar-refractivity contribution in [3.63, 3.8) is 0 Å². The number of nitrogens with one attached hydrogen (secondary N) is 2. The number of hydrogen-bond acceptors (Lipinski definition) is 2. The zero-order valence-electron chi connectivity index (χ0n) is 11.1. The molecule has 2 amide bonds. The summed E-state index contributed by atoms with van der Waals surface area (Å²) in [6.07, 6.45) is 3.55. The molecule has 1 aliphatic heterocycles. The van der Waals surface area contributed by atoms with Crippen LogP contribution in [-0.4, -0.2) is 23.4 Å². The van der Waals surface area contributed by atoms with Gasteiger partial charge < -0.3 is 10.6 Å². The van der Waals surface area contributed by atoms with E-state index >= 15 is 0 Å². The van der Waals surface area contributed by atoms with Crippen molar-refractivity contribution in [1.82, 2.24) is 10.6 Å². The maximum atomic E-state index is 12.9. The number of carbonyl (C=O) groups excluding carboxylic acids is 2. The highest BCUT2D eigenvalue weighted by Gasteiger charge is 2.45. The van der Waals surface area contributed by atoms with Gasteiger partial charge in [0.1, 0.15) is 11.9 Å². The van der Waals surface area contributed by atoms with Crippen LogP contribution < -0.4 is 10.6 Å². The first kappa shape index (κ1) is 13.1. The van der Waals surface area contributed by atoms with Crippen molar-refractivity contribution in [2.24, 2.45) is 0 Å². The molecule has 0 radical (unpaired) electrons. The van der Waals surface area contributed by atoms with Crippen molar-refractivity contribution in [2.75, 3.05) is 0 Å². The molecule has 106 valence electrons. The van der Waals surface area contributed by atoms with Gasteiger partial charge in [-0.25, -0.2) is 4.39 Å². The molecule has 5 heteroatoms. The van der Waals surface area contributed by atoms with Gasteiger partial charge in [0, 0.05) is 12.0 Å². The highest BCUT2D eigenvalue weighted by Crippen LogP contribution is 2.38. The maximum Gasteiger partial charge on any atom is 0.243 e. The molecule has 1 saturated carbocycles. The van der Waals surface area contributed by atoms with Crippen molar-refractivity contribution in [2.45, 2.75) is 43.7 Å². The first-order chi connectivity index (χ1) is 9.56. The van der Waals surface area contributed by atoms with Gasteiger partial charge in [-0.2, -0.15) is 0 Å². The zero-order valence-corrected chi connectivity index (χ0v) is 11.1. The van der Waals surface area contributed by atoms with Crippen LogP contribution in [0.25, 0.3) is 0 Å². The summed E-state index contributed by atoms with van der Waals surface area (Å²) in [5, 5.41) is 5.72. The molecular formula is C15H17FN2O2. The van der Waals surface area contributed by atoms with Crippen LogP contribution in [0.3, 0.4) is 0 Å². The molecular weight excluding hydrogens is 259 g/mol. The van der Waals surface area contributed by atoms with Gasteiger partial charge in [-0.15, -0.1) is 0 Å². The first-order valence-corrected chi connectivity index (χ1v) is 6.92. The van der Waals surface area contributed by atoms with Crippen molar-refractivity contribution in [3.8, 4) is 0 Å². The van der Waals surface area contributed by atoms with Gasteiger partial charge in [0.25, 0.3) is 0 Å². The molecule has 2 fully saturated rings. The van der Waals surface area contributed by atoms with Gasteiger partial charge in [0.05, 0.1) is 0 Å². The largest absolute Gasteiger partial charge is 0.349 e. The van der Waals surface area contributed by atoms with E-state index in [0.29, 0.717) is 19.3 Å². The summed E-state index contributed by atoms with van der Waals surface area (Å²) in [5.74, 6) is -0.416. The minimum Gasteiger partial charge on any atom is -0.349 e. The van der Waals surface area contributed by atoms with Crippen LogP contribution in [0.15, 0.2) is 24.3 Å². The SMILES string of the molecule is O=C1CC[C@H](C(=O)NC2(Cc3ccc(F)cc3)CC2)N1. The van der Waals surface area contributed by atoms with Crippen LogP contribution in [-0.2, 0) is 16.0 Å². The summed E-state index contributed by atoms with van der Waals surface area (Å²) in [5.41, 5.74) is 0.807. The molecule has 1 aromatic rings. The Labute approximate surface area is 116 Å². The normalized spacial score (nSPS) is 23.2. The number of hydrogen-bond donors (Lipinski definition) is 2. The third-order valence-corrected chi connectivity index (χ3v) is 4.01. The van der Waals surface area contributed by atoms with Gasteiger partial charge in [-0.05, 0) is 43.4 Å². The summed E-state index contributed by atoms with van der Waals surface area (Å²) < 4.78 is 12.9. The van der Waals surface area contributed by atoms with Crippen molar-refractivity contribution >= 4 is 11.8 Å². The summed E-state index contributed by atoms with van der Waals surface area (Å²) in [6, 6.07) is 5.97. The van der Waals surface area contributed by atoms with E-state index in [-0.39, 0.29) is 23.2 Å². The van der Waals surface area contributed by atoms with Crippen LogP contribution in [0.4, 0.5) is 4.39 Å². The van der Waals surface area contributed by atoms with Crippen molar-refractivity contribution in [1.29, 1.82) is 0 Å². The van der Waals surface area contributed by atoms with Crippen molar-refractivity contribution in [3.05, 3.63) is 35.6 Å². The highest BCUT2D eigenvalue weighted by atomic mass is 19.1. The molecule has 0 aromatic heterocycles. The molecule has 2 aliphatic rings. The van der Waals surface area contributed by atoms with Gasteiger partial charge in [0.15, 0.2) is 0 Å². The van der Waals surface area contributed by atoms with E-state index in [1.54, 1.807) is 12.1 Å². The van der Waals surface area contributed by atoms with Crippen LogP contribution in [0, 0.1) is 5.82 Å². The third kappa shape index (κ3) is 2.81. The van der Waals surface area contributed by atoms with Crippen LogP contribution in [0.2, 0.25) is 0 Å². The quantitative estimate of drug-likeness (QED) is 0.870. The fraction of sp³-hybridized carbons (Fsp3) is 0.467. The van der Waals surface area contributed by atoms with E-state index in [9.17, 15) is 14.0 Å². The molecule has 1 aromatic carbocycles. The standard InChI is InChI=1S/C15H17FN2O2/c16-11-3-1-10(2-4-11)9-15(7-8-15)18-14(20)12-5-6-13(19)17-12/h1-4,12H,5-9H2,(H,17,19)(H,18,20)/t12-/m1/s1. The summed E-state index contributed by atoms with van der Waals surface area (Å²) >= 11 is 0. The molecule has 0 spiro atoms. The van der Waals surface area contributed by atoms with E-state index in [1.165, 1.54) is 12.1 Å². The average molecular weight is 276 g/mol. The predicted molar refractivity (Wildman–Crippen MR) is 71.4 cm³/mol. The monoisotopic (exact) mass is 276 g/mol. The average Bonchev–Trinajstić information content (AvgIpc) is 3.01. The lowest BCUT2D eigenvalue weighted by atomic mass is 10.0. The molecule has 1 atom stereocenters. The van der Waals surface area contributed by atoms with E-state index in [2.05, 4.69) is 10.6 Å². The molecule has 2 N–H and O–H groups in total. The highest BCUT2D eigenvalue weighted by molar-refractivity contribution is 5.91. The smallest absolute Gasteiger partial charge is 0.243 e. The molecule has 1 saturated heterocycles. The third-order valence-electron chi connectivity index (χ3n) is 4.01. The molecule has 0 bridgehead atoms. The Bertz CT molecular complexity index is 537. The van der Waals surface area contributed by atoms with Crippen LogP contribution in [0.1, 0.15) is 31.2 Å². The van der Waals surface area contributed by atoms with Crippen LogP contribution >= 0.6 is 0 Å². The Morgan fingerprint density at radius 2 is 2.05 bits per heavy atom. The van der Waals surface area contributed by atoms with E-state index in [0.717, 1.165) is 18.4 Å². The number of amides is 2. The van der Waals surface area contributed by atoms with Gasteiger partial charge in [0.2, 0.25) is 11.8 Å². The molecule has 1 heterocycles. The molecule has 1 aliphatic carbocycles. The van der Waals surface area contributed by atoms with Gasteiger partial charge in [-0.3, -0.25) is 9.59 Å². The minimum atomic E-state index is -0.395. The van der Waals surface area contributed by atoms with E-state index < -0.39 is 6.04 Å². The van der Waals surface area contributed by atoms with E-state index in [1.807, 2.05) is 0 Å². The lowest BCUT2D eigenvalue weighted by Crippen LogP contribution is -2.47. The minimum absolute atomic E-state index is 0.0615. The van der Waals surface area contributed by atoms with Crippen LogP contribution in [0.5, 0.6) is 0 Å². The fourth-order valence-electron chi connectivity index (χ4n) is 2.65. The molecule has 3 rings (SSSR count). The molecule has 0 unspecified atom stereocenters. The second-order valence-electron chi connectivity index (χ2n) is 5.73. The second-order valence-corrected chi connectivity index (χ2v) is 5.73. The number of carbonyl (C=O) groups is 2. The van der Waals surface area contributed by atoms with Crippen molar-refractivity contribution < 1.29 is 14.0 Å². The number of benzene rings is 1. The Morgan fingerprint density at radius 1 is 1.35 bits per heavy atom. The topological polar surface area (TPSA) is 58.2 Å². The maximum absolute atomic E-state index is 12.9. The Hall–Kier alpha value is -1.91. The lowest BCUT2D eigenvalue weighted by molar-refractivity contribution is -0.126. The Balaban J connectivity index is 1.60.